The predicted molar refractivity (Wildman–Crippen MR) is 31.3 cm³/mol. The Morgan fingerprint density at radius 3 is 2.56 bits per heavy atom. The largest absolute Gasteiger partial charge is 0.343 e. The molecule has 0 fully saturated rings. The average molecular weight is 127 g/mol. The van der Waals surface area contributed by atoms with Crippen molar-refractivity contribution < 1.29 is 9.59 Å². The lowest BCUT2D eigenvalue weighted by atomic mass is 10.5. The second-order valence-electron chi connectivity index (χ2n) is 1.35. The van der Waals surface area contributed by atoms with Gasteiger partial charge in [-0.15, -0.1) is 0 Å². The summed E-state index contributed by atoms with van der Waals surface area (Å²) in [6, 6.07) is 0. The lowest BCUT2D eigenvalue weighted by Crippen LogP contribution is -2.28. The van der Waals surface area contributed by atoms with Crippen molar-refractivity contribution in [2.75, 3.05) is 6.54 Å². The van der Waals surface area contributed by atoms with Gasteiger partial charge in [-0.2, -0.15) is 0 Å². The Bertz CT molecular complexity index is 142. The van der Waals surface area contributed by atoms with E-state index in [2.05, 4.69) is 11.9 Å². The second-order valence-corrected chi connectivity index (χ2v) is 1.35. The summed E-state index contributed by atoms with van der Waals surface area (Å²) in [5.41, 5.74) is 6.36. The maximum Gasteiger partial charge on any atom is 0.257 e. The molecule has 4 nitrogen and oxygen atoms in total. The van der Waals surface area contributed by atoms with Crippen LogP contribution in [0.2, 0.25) is 0 Å². The zero-order valence-electron chi connectivity index (χ0n) is 4.81. The highest BCUT2D eigenvalue weighted by Gasteiger charge is 1.95. The molecule has 0 bridgehead atoms. The summed E-state index contributed by atoms with van der Waals surface area (Å²) in [5, 5.41) is 2.14. The van der Waals surface area contributed by atoms with E-state index in [0.29, 0.717) is 0 Å². The van der Waals surface area contributed by atoms with E-state index in [4.69, 9.17) is 5.73 Å². The van der Waals surface area contributed by atoms with Gasteiger partial charge in [0.2, 0.25) is 5.91 Å². The van der Waals surface area contributed by atoms with Crippen LogP contribution in [0.5, 0.6) is 0 Å². The fourth-order valence-corrected chi connectivity index (χ4v) is 0.240. The van der Waals surface area contributed by atoms with Gasteiger partial charge in [0.05, 0.1) is 6.54 Å². The van der Waals surface area contributed by atoms with Crippen molar-refractivity contribution >= 4 is 11.8 Å². The van der Waals surface area contributed by atoms with Crippen LogP contribution < -0.4 is 11.1 Å². The fourth-order valence-electron chi connectivity index (χ4n) is 0.240. The molecule has 49 valence electrons. The molecule has 1 radical (unpaired) electrons. The van der Waals surface area contributed by atoms with Gasteiger partial charge in [0.15, 0.2) is 0 Å². The Balaban J connectivity index is 3.39. The molecule has 0 atom stereocenters. The summed E-state index contributed by atoms with van der Waals surface area (Å²) < 4.78 is 0. The third-order valence-electron chi connectivity index (χ3n) is 0.609. The van der Waals surface area contributed by atoms with Crippen molar-refractivity contribution in [3.05, 3.63) is 12.7 Å². The summed E-state index contributed by atoms with van der Waals surface area (Å²) in [6.07, 6.45) is 1.04. The molecule has 0 spiro atoms. The normalized spacial score (nSPS) is 8.00. The Morgan fingerprint density at radius 1 is 1.67 bits per heavy atom. The minimum atomic E-state index is -0.815. The van der Waals surface area contributed by atoms with Crippen molar-refractivity contribution in [3.63, 3.8) is 0 Å². The molecule has 0 heterocycles. The number of amides is 2. The van der Waals surface area contributed by atoms with Gasteiger partial charge in [0.1, 0.15) is 0 Å². The lowest BCUT2D eigenvalue weighted by molar-refractivity contribution is -0.122. The molecule has 0 aliphatic rings. The Labute approximate surface area is 52.7 Å². The van der Waals surface area contributed by atoms with Crippen LogP contribution in [0.25, 0.3) is 0 Å². The number of nitrogens with one attached hydrogen (secondary N) is 2. The summed E-state index contributed by atoms with van der Waals surface area (Å²) in [5.74, 6) is -1.25. The first kappa shape index (κ1) is 7.68. The highest BCUT2D eigenvalue weighted by molar-refractivity contribution is 5.90. The number of rotatable bonds is 3. The first-order chi connectivity index (χ1) is 4.16. The topological polar surface area (TPSA) is 70.0 Å². The molecule has 0 saturated carbocycles. The molecule has 0 aliphatic heterocycles. The van der Waals surface area contributed by atoms with Gasteiger partial charge in [-0.3, -0.25) is 15.3 Å². The summed E-state index contributed by atoms with van der Waals surface area (Å²) in [6.45, 7) is 2.91. The van der Waals surface area contributed by atoms with E-state index in [1.165, 1.54) is 0 Å². The first-order valence-corrected chi connectivity index (χ1v) is 2.31. The second kappa shape index (κ2) is 3.65. The van der Waals surface area contributed by atoms with Crippen LogP contribution in [0.4, 0.5) is 0 Å². The van der Waals surface area contributed by atoms with Gasteiger partial charge >= 0.3 is 0 Å². The maximum atomic E-state index is 10.3. The molecule has 2 N–H and O–H groups in total. The highest BCUT2D eigenvalue weighted by atomic mass is 16.2. The first-order valence-electron chi connectivity index (χ1n) is 2.31. The number of hydrogen-bond acceptors (Lipinski definition) is 2. The molecule has 0 aliphatic carbocycles. The molecule has 0 saturated heterocycles. The van der Waals surface area contributed by atoms with Gasteiger partial charge in [-0.1, -0.05) is 6.58 Å². The summed E-state index contributed by atoms with van der Waals surface area (Å²) >= 11 is 0. The van der Waals surface area contributed by atoms with Crippen LogP contribution in [0.15, 0.2) is 12.7 Å². The van der Waals surface area contributed by atoms with Gasteiger partial charge < -0.3 is 5.32 Å². The van der Waals surface area contributed by atoms with Crippen LogP contribution >= 0.6 is 0 Å². The molecule has 9 heavy (non-hydrogen) atoms. The van der Waals surface area contributed by atoms with E-state index in [-0.39, 0.29) is 6.54 Å². The van der Waals surface area contributed by atoms with Gasteiger partial charge in [-0.05, 0) is 6.08 Å². The third kappa shape index (κ3) is 4.53. The number of carbonyl (C=O) groups excluding carboxylic acids is 2. The smallest absolute Gasteiger partial charge is 0.257 e. The summed E-state index contributed by atoms with van der Waals surface area (Å²) in [4.78, 5) is 20.1. The van der Waals surface area contributed by atoms with Crippen LogP contribution in [0.3, 0.4) is 0 Å². The molecule has 4 heteroatoms. The van der Waals surface area contributed by atoms with E-state index in [1.807, 2.05) is 0 Å². The van der Waals surface area contributed by atoms with E-state index < -0.39 is 11.8 Å². The van der Waals surface area contributed by atoms with E-state index in [1.54, 1.807) is 0 Å². The Hall–Kier alpha value is -1.32. The van der Waals surface area contributed by atoms with Crippen molar-refractivity contribution in [1.29, 1.82) is 0 Å². The lowest BCUT2D eigenvalue weighted by Gasteiger charge is -1.93. The molecule has 0 unspecified atom stereocenters. The molecule has 0 rings (SSSR count). The third-order valence-corrected chi connectivity index (χ3v) is 0.609. The quantitative estimate of drug-likeness (QED) is 0.499. The number of hydrogen-bond donors (Lipinski definition) is 1. The van der Waals surface area contributed by atoms with Crippen molar-refractivity contribution in [2.24, 2.45) is 0 Å². The van der Waals surface area contributed by atoms with E-state index in [0.717, 1.165) is 6.08 Å². The van der Waals surface area contributed by atoms with Crippen molar-refractivity contribution in [2.45, 2.75) is 0 Å². The van der Waals surface area contributed by atoms with Crippen LogP contribution in [-0.2, 0) is 9.59 Å². The van der Waals surface area contributed by atoms with Crippen molar-refractivity contribution in [1.82, 2.24) is 11.1 Å². The fraction of sp³-hybridized carbons (Fsp3) is 0.200. The van der Waals surface area contributed by atoms with Crippen LogP contribution in [0, 0.1) is 0 Å². The SMILES string of the molecule is C=CC(=O)NCC([NH])=O. The zero-order chi connectivity index (χ0) is 7.28. The molecule has 0 aromatic rings. The number of carbonyl (C=O) groups is 2. The minimum Gasteiger partial charge on any atom is -0.343 e. The standard InChI is InChI=1S/C5H7N2O2/c1-2-5(9)7-3-4(6)8/h2,6H,1,3H2,(H,7,9). The Kier molecular flexibility index (Phi) is 3.12. The maximum absolute atomic E-state index is 10.3. The minimum absolute atomic E-state index is 0.245. The van der Waals surface area contributed by atoms with E-state index in [9.17, 15) is 9.59 Å². The molecule has 2 amide bonds. The molecular formula is C5H7N2O2. The highest BCUT2D eigenvalue weighted by Crippen LogP contribution is 1.64. The van der Waals surface area contributed by atoms with E-state index >= 15 is 0 Å². The summed E-state index contributed by atoms with van der Waals surface area (Å²) in [7, 11) is 0. The monoisotopic (exact) mass is 127 g/mol. The molecular weight excluding hydrogens is 120 g/mol. The van der Waals surface area contributed by atoms with Crippen LogP contribution in [-0.4, -0.2) is 18.4 Å². The van der Waals surface area contributed by atoms with Gasteiger partial charge in [0, 0.05) is 0 Å². The molecule has 0 aromatic carbocycles. The van der Waals surface area contributed by atoms with Crippen LogP contribution in [0.1, 0.15) is 0 Å². The van der Waals surface area contributed by atoms with Gasteiger partial charge in [0.25, 0.3) is 5.91 Å². The van der Waals surface area contributed by atoms with Gasteiger partial charge in [-0.25, -0.2) is 0 Å². The average Bonchev–Trinajstić information content (AvgIpc) is 1.83. The zero-order valence-corrected chi connectivity index (χ0v) is 4.81. The Morgan fingerprint density at radius 2 is 2.22 bits per heavy atom. The van der Waals surface area contributed by atoms with Crippen molar-refractivity contribution in [3.8, 4) is 0 Å². The molecule has 0 aromatic heterocycles. The predicted octanol–water partition coefficient (Wildman–Crippen LogP) is -0.902.